The molecule has 0 heterocycles. The van der Waals surface area contributed by atoms with Gasteiger partial charge in [-0.2, -0.15) is 0 Å². The molecule has 2 atom stereocenters. The van der Waals surface area contributed by atoms with Crippen LogP contribution in [0, 0.1) is 11.8 Å². The number of amides is 1. The number of hydrogen-bond acceptors (Lipinski definition) is 2. The van der Waals surface area contributed by atoms with Crippen molar-refractivity contribution in [3.63, 3.8) is 0 Å². The van der Waals surface area contributed by atoms with Crippen LogP contribution in [0.5, 0.6) is 0 Å². The van der Waals surface area contributed by atoms with E-state index in [9.17, 15) is 4.79 Å². The molecule has 2 unspecified atom stereocenters. The molecule has 1 aromatic carbocycles. The van der Waals surface area contributed by atoms with Crippen LogP contribution in [0.1, 0.15) is 26.3 Å². The Labute approximate surface area is 116 Å². The van der Waals surface area contributed by atoms with Crippen molar-refractivity contribution in [1.29, 1.82) is 0 Å². The van der Waals surface area contributed by atoms with Crippen molar-refractivity contribution in [3.8, 4) is 0 Å². The van der Waals surface area contributed by atoms with Gasteiger partial charge in [-0.05, 0) is 31.9 Å². The molecule has 0 spiro atoms. The molecule has 0 aromatic heterocycles. The summed E-state index contributed by atoms with van der Waals surface area (Å²) in [5.41, 5.74) is 1.22. The second-order valence-electron chi connectivity index (χ2n) is 5.48. The highest BCUT2D eigenvalue weighted by Crippen LogP contribution is 2.17. The van der Waals surface area contributed by atoms with Gasteiger partial charge in [-0.3, -0.25) is 4.79 Å². The lowest BCUT2D eigenvalue weighted by atomic mass is 9.88. The van der Waals surface area contributed by atoms with E-state index in [0.29, 0.717) is 18.5 Å². The van der Waals surface area contributed by atoms with E-state index >= 15 is 0 Å². The molecule has 0 fully saturated rings. The average Bonchev–Trinajstić information content (AvgIpc) is 2.42. The van der Waals surface area contributed by atoms with E-state index in [0.717, 1.165) is 6.42 Å². The smallest absolute Gasteiger partial charge is 0.223 e. The van der Waals surface area contributed by atoms with Gasteiger partial charge in [-0.25, -0.2) is 0 Å². The Morgan fingerprint density at radius 1 is 1.16 bits per heavy atom. The third kappa shape index (κ3) is 5.43. The number of nitrogens with one attached hydrogen (secondary N) is 2. The van der Waals surface area contributed by atoms with Gasteiger partial charge < -0.3 is 10.6 Å². The van der Waals surface area contributed by atoms with E-state index in [1.54, 1.807) is 0 Å². The molecule has 1 rings (SSSR count). The van der Waals surface area contributed by atoms with Crippen molar-refractivity contribution in [2.24, 2.45) is 11.8 Å². The molecule has 1 aromatic rings. The van der Waals surface area contributed by atoms with E-state index < -0.39 is 0 Å². The molecule has 0 bridgehead atoms. The lowest BCUT2D eigenvalue weighted by Crippen LogP contribution is -2.41. The van der Waals surface area contributed by atoms with Crippen LogP contribution in [-0.4, -0.2) is 25.5 Å². The molecular formula is C16H26N2O. The highest BCUT2D eigenvalue weighted by atomic mass is 16.1. The second-order valence-corrected chi connectivity index (χ2v) is 5.48. The first kappa shape index (κ1) is 15.7. The summed E-state index contributed by atoms with van der Waals surface area (Å²) < 4.78 is 0. The number of hydrogen-bond donors (Lipinski definition) is 2. The molecule has 0 saturated heterocycles. The highest BCUT2D eigenvalue weighted by molar-refractivity contribution is 5.79. The number of rotatable bonds is 7. The summed E-state index contributed by atoms with van der Waals surface area (Å²) >= 11 is 0. The van der Waals surface area contributed by atoms with Crippen molar-refractivity contribution in [3.05, 3.63) is 35.9 Å². The minimum Gasteiger partial charge on any atom is -0.354 e. The number of carbonyl (C=O) groups is 1. The Hall–Kier alpha value is -1.35. The standard InChI is InChI=1S/C16H26N2O/c1-12(2)15(10-14-8-6-5-7-9-14)16(19)18-11-13(3)17-4/h5-9,12-13,15,17H,10-11H2,1-4H3,(H,18,19). The van der Waals surface area contributed by atoms with E-state index in [-0.39, 0.29) is 11.8 Å². The van der Waals surface area contributed by atoms with Gasteiger partial charge in [-0.15, -0.1) is 0 Å². The van der Waals surface area contributed by atoms with Crippen molar-refractivity contribution in [2.75, 3.05) is 13.6 Å². The van der Waals surface area contributed by atoms with Crippen LogP contribution in [0.4, 0.5) is 0 Å². The van der Waals surface area contributed by atoms with E-state index in [2.05, 4.69) is 43.5 Å². The Kier molecular flexibility index (Phi) is 6.57. The molecular weight excluding hydrogens is 236 g/mol. The molecule has 0 radical (unpaired) electrons. The largest absolute Gasteiger partial charge is 0.354 e. The topological polar surface area (TPSA) is 41.1 Å². The van der Waals surface area contributed by atoms with Crippen molar-refractivity contribution < 1.29 is 4.79 Å². The zero-order valence-electron chi connectivity index (χ0n) is 12.4. The monoisotopic (exact) mass is 262 g/mol. The van der Waals surface area contributed by atoms with E-state index in [4.69, 9.17) is 0 Å². The fraction of sp³-hybridized carbons (Fsp3) is 0.562. The van der Waals surface area contributed by atoms with Crippen molar-refractivity contribution >= 4 is 5.91 Å². The number of benzene rings is 1. The minimum atomic E-state index is 0.0338. The van der Waals surface area contributed by atoms with E-state index in [1.807, 2.05) is 25.2 Å². The first-order valence-corrected chi connectivity index (χ1v) is 7.03. The molecule has 0 aliphatic heterocycles. The molecule has 0 saturated carbocycles. The van der Waals surface area contributed by atoms with Gasteiger partial charge in [0.05, 0.1) is 0 Å². The maximum atomic E-state index is 12.3. The fourth-order valence-corrected chi connectivity index (χ4v) is 1.99. The van der Waals surface area contributed by atoms with Crippen molar-refractivity contribution in [2.45, 2.75) is 33.2 Å². The molecule has 19 heavy (non-hydrogen) atoms. The highest BCUT2D eigenvalue weighted by Gasteiger charge is 2.22. The van der Waals surface area contributed by atoms with Gasteiger partial charge in [0.1, 0.15) is 0 Å². The molecule has 0 aliphatic carbocycles. The lowest BCUT2D eigenvalue weighted by Gasteiger charge is -2.21. The molecule has 3 nitrogen and oxygen atoms in total. The van der Waals surface area contributed by atoms with Crippen LogP contribution in [0.25, 0.3) is 0 Å². The van der Waals surface area contributed by atoms with Gasteiger partial charge >= 0.3 is 0 Å². The SMILES string of the molecule is CNC(C)CNC(=O)C(Cc1ccccc1)C(C)C. The Balaban J connectivity index is 2.59. The fourth-order valence-electron chi connectivity index (χ4n) is 1.99. The van der Waals surface area contributed by atoms with Crippen LogP contribution >= 0.6 is 0 Å². The van der Waals surface area contributed by atoms with Crippen LogP contribution in [0.3, 0.4) is 0 Å². The van der Waals surface area contributed by atoms with Crippen LogP contribution in [0.2, 0.25) is 0 Å². The Morgan fingerprint density at radius 2 is 1.79 bits per heavy atom. The Morgan fingerprint density at radius 3 is 2.32 bits per heavy atom. The molecule has 0 aliphatic rings. The zero-order valence-corrected chi connectivity index (χ0v) is 12.4. The van der Waals surface area contributed by atoms with Gasteiger partial charge in [0, 0.05) is 18.5 Å². The normalized spacial score (nSPS) is 14.2. The minimum absolute atomic E-state index is 0.0338. The second kappa shape index (κ2) is 7.95. The van der Waals surface area contributed by atoms with Crippen LogP contribution < -0.4 is 10.6 Å². The van der Waals surface area contributed by atoms with Gasteiger partial charge in [0.2, 0.25) is 5.91 Å². The van der Waals surface area contributed by atoms with Gasteiger partial charge in [0.15, 0.2) is 0 Å². The third-order valence-electron chi connectivity index (χ3n) is 3.52. The average molecular weight is 262 g/mol. The lowest BCUT2D eigenvalue weighted by molar-refractivity contribution is -0.126. The van der Waals surface area contributed by atoms with Crippen molar-refractivity contribution in [1.82, 2.24) is 10.6 Å². The summed E-state index contributed by atoms with van der Waals surface area (Å²) in [6.45, 7) is 6.94. The van der Waals surface area contributed by atoms with Crippen LogP contribution in [-0.2, 0) is 11.2 Å². The summed E-state index contributed by atoms with van der Waals surface area (Å²) in [4.78, 5) is 12.3. The molecule has 3 heteroatoms. The van der Waals surface area contributed by atoms with E-state index in [1.165, 1.54) is 5.56 Å². The maximum Gasteiger partial charge on any atom is 0.223 e. The third-order valence-corrected chi connectivity index (χ3v) is 3.52. The predicted octanol–water partition coefficient (Wildman–Crippen LogP) is 2.23. The maximum absolute atomic E-state index is 12.3. The summed E-state index contributed by atoms with van der Waals surface area (Å²) in [7, 11) is 1.90. The van der Waals surface area contributed by atoms with Gasteiger partial charge in [-0.1, -0.05) is 44.2 Å². The molecule has 2 N–H and O–H groups in total. The Bertz CT molecular complexity index is 376. The first-order valence-electron chi connectivity index (χ1n) is 7.03. The van der Waals surface area contributed by atoms with Crippen LogP contribution in [0.15, 0.2) is 30.3 Å². The zero-order chi connectivity index (χ0) is 14.3. The van der Waals surface area contributed by atoms with Gasteiger partial charge in [0.25, 0.3) is 0 Å². The molecule has 106 valence electrons. The molecule has 1 amide bonds. The summed E-state index contributed by atoms with van der Waals surface area (Å²) in [6, 6.07) is 10.5. The quantitative estimate of drug-likeness (QED) is 0.791. The summed E-state index contributed by atoms with van der Waals surface area (Å²) in [6.07, 6.45) is 0.804. The summed E-state index contributed by atoms with van der Waals surface area (Å²) in [5, 5.41) is 6.16. The predicted molar refractivity (Wildman–Crippen MR) is 80.0 cm³/mol. The summed E-state index contributed by atoms with van der Waals surface area (Å²) in [5.74, 6) is 0.525. The number of carbonyl (C=O) groups excluding carboxylic acids is 1. The number of likely N-dealkylation sites (N-methyl/N-ethyl adjacent to an activating group) is 1. The first-order chi connectivity index (χ1) is 9.04.